The van der Waals surface area contributed by atoms with E-state index in [1.54, 1.807) is 7.11 Å². The van der Waals surface area contributed by atoms with Gasteiger partial charge in [0.2, 0.25) is 5.91 Å². The van der Waals surface area contributed by atoms with Gasteiger partial charge in [0.05, 0.1) is 13.2 Å². The van der Waals surface area contributed by atoms with Crippen molar-refractivity contribution in [3.63, 3.8) is 0 Å². The van der Waals surface area contributed by atoms with Crippen molar-refractivity contribution >= 4 is 5.91 Å². The molecule has 1 saturated carbocycles. The Balaban J connectivity index is 2.51. The summed E-state index contributed by atoms with van der Waals surface area (Å²) in [6.45, 7) is 7.17. The lowest BCUT2D eigenvalue weighted by Crippen LogP contribution is -2.51. The van der Waals surface area contributed by atoms with Gasteiger partial charge in [0, 0.05) is 19.1 Å². The lowest BCUT2D eigenvalue weighted by molar-refractivity contribution is -0.146. The third-order valence-corrected chi connectivity index (χ3v) is 4.38. The maximum absolute atomic E-state index is 12.1. The second-order valence-electron chi connectivity index (χ2n) is 5.71. The molecule has 106 valence electrons. The molecular formula is C13H26N2O3. The minimum absolute atomic E-state index is 0.0464. The molecule has 1 amide bonds. The Labute approximate surface area is 109 Å². The van der Waals surface area contributed by atoms with Gasteiger partial charge in [-0.05, 0) is 24.2 Å². The first kappa shape index (κ1) is 15.4. The Morgan fingerprint density at radius 3 is 2.67 bits per heavy atom. The molecule has 0 aromatic carbocycles. The summed E-state index contributed by atoms with van der Waals surface area (Å²) in [6, 6.07) is 0.179. The largest absolute Gasteiger partial charge is 0.382 e. The van der Waals surface area contributed by atoms with Gasteiger partial charge in [0.15, 0.2) is 0 Å². The normalized spacial score (nSPS) is 31.1. The fourth-order valence-corrected chi connectivity index (χ4v) is 2.64. The third kappa shape index (κ3) is 3.43. The number of carbonyl (C=O) groups excluding carboxylic acids is 1. The number of rotatable bonds is 5. The van der Waals surface area contributed by atoms with Crippen molar-refractivity contribution in [2.24, 2.45) is 23.0 Å². The zero-order valence-electron chi connectivity index (χ0n) is 11.9. The number of hydroxylamine groups is 1. The molecule has 1 rings (SSSR count). The fraction of sp³-hybridized carbons (Fsp3) is 0.923. The van der Waals surface area contributed by atoms with Crippen LogP contribution in [0.5, 0.6) is 0 Å². The molecule has 3 atom stereocenters. The van der Waals surface area contributed by atoms with E-state index in [1.807, 2.05) is 0 Å². The predicted molar refractivity (Wildman–Crippen MR) is 69.6 cm³/mol. The second kappa shape index (κ2) is 6.50. The topological polar surface area (TPSA) is 73.6 Å². The molecule has 0 saturated heterocycles. The summed E-state index contributed by atoms with van der Waals surface area (Å²) in [4.78, 5) is 17.2. The molecule has 0 aromatic rings. The van der Waals surface area contributed by atoms with Crippen molar-refractivity contribution in [3.8, 4) is 0 Å². The highest BCUT2D eigenvalue weighted by Gasteiger charge is 2.45. The lowest BCUT2D eigenvalue weighted by Gasteiger charge is -2.45. The highest BCUT2D eigenvalue weighted by Crippen LogP contribution is 2.44. The molecule has 0 aromatic heterocycles. The van der Waals surface area contributed by atoms with Crippen LogP contribution in [0.2, 0.25) is 0 Å². The van der Waals surface area contributed by atoms with Crippen molar-refractivity contribution < 1.29 is 14.4 Å². The van der Waals surface area contributed by atoms with Crippen molar-refractivity contribution in [1.29, 1.82) is 0 Å². The van der Waals surface area contributed by atoms with Crippen LogP contribution >= 0.6 is 0 Å². The van der Waals surface area contributed by atoms with Gasteiger partial charge >= 0.3 is 0 Å². The molecule has 18 heavy (non-hydrogen) atoms. The molecule has 1 aliphatic rings. The maximum atomic E-state index is 12.1. The maximum Gasteiger partial charge on any atom is 0.247 e. The minimum atomic E-state index is -0.105. The van der Waals surface area contributed by atoms with Crippen LogP contribution in [0.1, 0.15) is 33.6 Å². The Morgan fingerprint density at radius 1 is 1.39 bits per heavy atom. The van der Waals surface area contributed by atoms with Crippen LogP contribution in [0.25, 0.3) is 0 Å². The number of amides is 1. The van der Waals surface area contributed by atoms with Crippen LogP contribution < -0.4 is 11.2 Å². The monoisotopic (exact) mass is 258 g/mol. The van der Waals surface area contributed by atoms with Crippen LogP contribution in [0, 0.1) is 17.3 Å². The molecule has 1 fully saturated rings. The summed E-state index contributed by atoms with van der Waals surface area (Å²) in [7, 11) is 1.60. The summed E-state index contributed by atoms with van der Waals surface area (Å²) in [6.07, 6.45) is 1.71. The van der Waals surface area contributed by atoms with E-state index in [2.05, 4.69) is 26.3 Å². The summed E-state index contributed by atoms with van der Waals surface area (Å²) in [5.41, 5.74) is 8.49. The standard InChI is InChI=1S/C13H26N2O3/c1-9-11(14)6-5-10(13(9,2)3)12(16)15-18-8-7-17-4/h9-11H,5-8,14H2,1-4H3,(H,15,16). The lowest BCUT2D eigenvalue weighted by atomic mass is 9.61. The zero-order chi connectivity index (χ0) is 13.8. The summed E-state index contributed by atoms with van der Waals surface area (Å²) in [5.74, 6) is 0.227. The number of methoxy groups -OCH3 is 1. The van der Waals surface area contributed by atoms with Crippen molar-refractivity contribution in [2.75, 3.05) is 20.3 Å². The minimum Gasteiger partial charge on any atom is -0.382 e. The fourth-order valence-electron chi connectivity index (χ4n) is 2.64. The average Bonchev–Trinajstić information content (AvgIpc) is 2.31. The Morgan fingerprint density at radius 2 is 2.06 bits per heavy atom. The first-order valence-corrected chi connectivity index (χ1v) is 6.57. The second-order valence-corrected chi connectivity index (χ2v) is 5.71. The van der Waals surface area contributed by atoms with Gasteiger partial charge in [-0.1, -0.05) is 20.8 Å². The van der Waals surface area contributed by atoms with E-state index in [1.165, 1.54) is 0 Å². The average molecular weight is 258 g/mol. The molecule has 3 N–H and O–H groups in total. The molecular weight excluding hydrogens is 232 g/mol. The Kier molecular flexibility index (Phi) is 5.56. The van der Waals surface area contributed by atoms with E-state index >= 15 is 0 Å². The molecule has 0 bridgehead atoms. The van der Waals surface area contributed by atoms with E-state index in [9.17, 15) is 4.79 Å². The van der Waals surface area contributed by atoms with E-state index in [-0.39, 0.29) is 23.3 Å². The Bertz CT molecular complexity index is 281. The van der Waals surface area contributed by atoms with Crippen molar-refractivity contribution in [2.45, 2.75) is 39.7 Å². The first-order valence-electron chi connectivity index (χ1n) is 6.57. The van der Waals surface area contributed by atoms with E-state index in [0.29, 0.717) is 19.1 Å². The van der Waals surface area contributed by atoms with Gasteiger partial charge in [-0.25, -0.2) is 5.48 Å². The summed E-state index contributed by atoms with van der Waals surface area (Å²) in [5, 5.41) is 0. The number of nitrogens with one attached hydrogen (secondary N) is 1. The first-order chi connectivity index (χ1) is 8.41. The number of nitrogens with two attached hydrogens (primary N) is 1. The molecule has 1 aliphatic carbocycles. The van der Waals surface area contributed by atoms with Gasteiger partial charge in [0.25, 0.3) is 0 Å². The highest BCUT2D eigenvalue weighted by molar-refractivity contribution is 5.78. The van der Waals surface area contributed by atoms with Crippen LogP contribution in [-0.2, 0) is 14.4 Å². The molecule has 0 heterocycles. The Hall–Kier alpha value is -0.650. The molecule has 0 spiro atoms. The number of ether oxygens (including phenoxy) is 1. The van der Waals surface area contributed by atoms with Crippen LogP contribution in [0.15, 0.2) is 0 Å². The van der Waals surface area contributed by atoms with Crippen LogP contribution in [0.4, 0.5) is 0 Å². The predicted octanol–water partition coefficient (Wildman–Crippen LogP) is 1.08. The van der Waals surface area contributed by atoms with E-state index < -0.39 is 0 Å². The van der Waals surface area contributed by atoms with Crippen molar-refractivity contribution in [3.05, 3.63) is 0 Å². The molecule has 5 heteroatoms. The molecule has 0 radical (unpaired) electrons. The van der Waals surface area contributed by atoms with E-state index in [4.69, 9.17) is 15.3 Å². The van der Waals surface area contributed by atoms with Crippen LogP contribution in [0.3, 0.4) is 0 Å². The summed E-state index contributed by atoms with van der Waals surface area (Å²) < 4.78 is 4.85. The molecule has 0 aliphatic heterocycles. The van der Waals surface area contributed by atoms with Gasteiger partial charge in [-0.2, -0.15) is 0 Å². The highest BCUT2D eigenvalue weighted by atomic mass is 16.7. The molecule has 3 unspecified atom stereocenters. The summed E-state index contributed by atoms with van der Waals surface area (Å²) >= 11 is 0. The van der Waals surface area contributed by atoms with Gasteiger partial charge in [-0.3, -0.25) is 9.63 Å². The smallest absolute Gasteiger partial charge is 0.247 e. The third-order valence-electron chi connectivity index (χ3n) is 4.38. The quantitative estimate of drug-likeness (QED) is 0.571. The van der Waals surface area contributed by atoms with E-state index in [0.717, 1.165) is 12.8 Å². The van der Waals surface area contributed by atoms with Gasteiger partial charge < -0.3 is 10.5 Å². The SMILES string of the molecule is COCCONC(=O)C1CCC(N)C(C)C1(C)C. The number of carbonyl (C=O) groups is 1. The van der Waals surface area contributed by atoms with Gasteiger partial charge in [0.1, 0.15) is 0 Å². The van der Waals surface area contributed by atoms with Gasteiger partial charge in [-0.15, -0.1) is 0 Å². The molecule has 5 nitrogen and oxygen atoms in total. The number of hydrogen-bond donors (Lipinski definition) is 2. The zero-order valence-corrected chi connectivity index (χ0v) is 11.9. The van der Waals surface area contributed by atoms with Crippen LogP contribution in [-0.4, -0.2) is 32.3 Å². The number of hydrogen-bond acceptors (Lipinski definition) is 4. The van der Waals surface area contributed by atoms with Crippen molar-refractivity contribution in [1.82, 2.24) is 5.48 Å².